The van der Waals surface area contributed by atoms with Crippen LogP contribution in [-0.2, 0) is 5.54 Å². The van der Waals surface area contributed by atoms with Gasteiger partial charge < -0.3 is 25.6 Å². The summed E-state index contributed by atoms with van der Waals surface area (Å²) >= 11 is 0. The Bertz CT molecular complexity index is 851. The minimum absolute atomic E-state index is 0.0145. The molecule has 26 heavy (non-hydrogen) atoms. The van der Waals surface area contributed by atoms with Gasteiger partial charge in [0.2, 0.25) is 0 Å². The highest BCUT2D eigenvalue weighted by Crippen LogP contribution is 2.40. The fourth-order valence-corrected chi connectivity index (χ4v) is 3.21. The van der Waals surface area contributed by atoms with Crippen LogP contribution in [0.1, 0.15) is 17.3 Å². The summed E-state index contributed by atoms with van der Waals surface area (Å²) in [5, 5.41) is 24.3. The van der Waals surface area contributed by atoms with Crippen molar-refractivity contribution in [2.24, 2.45) is 0 Å². The molecular formula is C16H16F2N4O4. The molecule has 0 saturated carbocycles. The molecule has 1 aliphatic rings. The molecule has 4 N–H and O–H groups in total. The lowest BCUT2D eigenvalue weighted by atomic mass is 9.80. The molecule has 1 aromatic carbocycles. The molecule has 8 nitrogen and oxygen atoms in total. The minimum atomic E-state index is -1.48. The number of aromatic nitrogens is 2. The summed E-state index contributed by atoms with van der Waals surface area (Å²) in [6.45, 7) is 0.195. The number of halogens is 2. The minimum Gasteiger partial charge on any atom is -0.502 e. The van der Waals surface area contributed by atoms with Crippen LogP contribution < -0.4 is 15.4 Å². The van der Waals surface area contributed by atoms with E-state index in [0.29, 0.717) is 0 Å². The van der Waals surface area contributed by atoms with Gasteiger partial charge >= 0.3 is 6.09 Å². The fourth-order valence-electron chi connectivity index (χ4n) is 3.21. The molecule has 0 unspecified atom stereocenters. The lowest BCUT2D eigenvalue weighted by Crippen LogP contribution is -2.51. The van der Waals surface area contributed by atoms with E-state index in [0.717, 1.165) is 24.4 Å². The van der Waals surface area contributed by atoms with Crippen LogP contribution in [0.15, 0.2) is 24.4 Å². The van der Waals surface area contributed by atoms with E-state index in [-0.39, 0.29) is 36.1 Å². The van der Waals surface area contributed by atoms with E-state index >= 15 is 0 Å². The average Bonchev–Trinajstić information content (AvgIpc) is 3.01. The van der Waals surface area contributed by atoms with Crippen LogP contribution in [0.5, 0.6) is 11.6 Å². The van der Waals surface area contributed by atoms with E-state index in [2.05, 4.69) is 20.6 Å². The van der Waals surface area contributed by atoms with Gasteiger partial charge in [-0.05, 0) is 23.8 Å². The maximum atomic E-state index is 14.4. The number of methoxy groups -OCH3 is 1. The van der Waals surface area contributed by atoms with Crippen LogP contribution in [0.3, 0.4) is 0 Å². The number of hydrogen-bond donors (Lipinski definition) is 4. The molecule has 0 aliphatic carbocycles. The number of carboxylic acid groups (broad SMARTS) is 1. The molecule has 10 heteroatoms. The third-order valence-electron chi connectivity index (χ3n) is 4.34. The van der Waals surface area contributed by atoms with Crippen molar-refractivity contribution in [3.05, 3.63) is 47.4 Å². The zero-order valence-corrected chi connectivity index (χ0v) is 13.7. The van der Waals surface area contributed by atoms with Crippen LogP contribution in [-0.4, -0.2) is 46.5 Å². The molecule has 1 aromatic heterocycles. The highest BCUT2D eigenvalue weighted by Gasteiger charge is 2.50. The molecule has 0 radical (unpaired) electrons. The molecule has 1 fully saturated rings. The Labute approximate surface area is 146 Å². The van der Waals surface area contributed by atoms with Crippen LogP contribution in [0, 0.1) is 11.6 Å². The Morgan fingerprint density at radius 2 is 2.23 bits per heavy atom. The van der Waals surface area contributed by atoms with Crippen molar-refractivity contribution in [2.45, 2.75) is 11.5 Å². The van der Waals surface area contributed by atoms with E-state index in [9.17, 15) is 23.8 Å². The van der Waals surface area contributed by atoms with Crippen LogP contribution >= 0.6 is 0 Å². The lowest BCUT2D eigenvalue weighted by Gasteiger charge is -2.33. The number of carbonyl (C=O) groups is 1. The predicted molar refractivity (Wildman–Crippen MR) is 85.1 cm³/mol. The normalized spacial score (nSPS) is 22.2. The third-order valence-corrected chi connectivity index (χ3v) is 4.34. The predicted octanol–water partition coefficient (Wildman–Crippen LogP) is 1.32. The number of hydrogen-bond acceptors (Lipinski definition) is 6. The number of rotatable bonds is 4. The summed E-state index contributed by atoms with van der Waals surface area (Å²) < 4.78 is 33.0. The van der Waals surface area contributed by atoms with E-state index in [1.165, 1.54) is 7.11 Å². The Morgan fingerprint density at radius 3 is 2.92 bits per heavy atom. The van der Waals surface area contributed by atoms with Crippen molar-refractivity contribution in [2.75, 3.05) is 20.2 Å². The van der Waals surface area contributed by atoms with Crippen molar-refractivity contribution in [1.82, 2.24) is 20.6 Å². The first-order valence-electron chi connectivity index (χ1n) is 7.64. The summed E-state index contributed by atoms with van der Waals surface area (Å²) in [5.41, 5.74) is -1.50. The fraction of sp³-hybridized carbons (Fsp3) is 0.312. The van der Waals surface area contributed by atoms with Gasteiger partial charge in [0.25, 0.3) is 5.88 Å². The van der Waals surface area contributed by atoms with Crippen molar-refractivity contribution >= 4 is 6.09 Å². The van der Waals surface area contributed by atoms with Crippen molar-refractivity contribution < 1.29 is 28.5 Å². The molecule has 0 spiro atoms. The Balaban J connectivity index is 2.18. The second-order valence-electron chi connectivity index (χ2n) is 5.84. The molecule has 1 saturated heterocycles. The molecule has 2 heterocycles. The lowest BCUT2D eigenvalue weighted by molar-refractivity contribution is 0.173. The molecule has 3 rings (SSSR count). The topological polar surface area (TPSA) is 117 Å². The SMILES string of the molecule is COc1nc([C@]2(NC(=O)O)CNC[C@@H]2c2cc(F)ccc2F)ncc1O. The van der Waals surface area contributed by atoms with E-state index in [1.807, 2.05) is 0 Å². The summed E-state index contributed by atoms with van der Waals surface area (Å²) in [6, 6.07) is 2.98. The largest absolute Gasteiger partial charge is 0.502 e. The van der Waals surface area contributed by atoms with E-state index in [4.69, 9.17) is 4.74 Å². The van der Waals surface area contributed by atoms with Gasteiger partial charge in [0.05, 0.1) is 13.3 Å². The number of nitrogens with zero attached hydrogens (tertiary/aromatic N) is 2. The standard InChI is InChI=1S/C16H16F2N4O4/c1-26-13-12(23)6-20-14(21-13)16(22-15(24)25)7-19-5-10(16)9-4-8(17)2-3-11(9)18/h2-4,6,10,19,22-23H,5,7H2,1H3,(H,24,25)/t10-,16+/m1/s1. The zero-order chi connectivity index (χ0) is 18.9. The molecule has 2 atom stereocenters. The Morgan fingerprint density at radius 1 is 1.46 bits per heavy atom. The monoisotopic (exact) mass is 366 g/mol. The summed E-state index contributed by atoms with van der Waals surface area (Å²) in [7, 11) is 1.28. The molecule has 1 amide bonds. The highest BCUT2D eigenvalue weighted by atomic mass is 19.1. The van der Waals surface area contributed by atoms with Gasteiger partial charge in [0.1, 0.15) is 17.2 Å². The maximum absolute atomic E-state index is 14.4. The van der Waals surface area contributed by atoms with Gasteiger partial charge in [-0.25, -0.2) is 18.6 Å². The smallest absolute Gasteiger partial charge is 0.405 e. The molecule has 0 bridgehead atoms. The van der Waals surface area contributed by atoms with E-state index in [1.54, 1.807) is 0 Å². The Hall–Kier alpha value is -3.01. The third kappa shape index (κ3) is 2.99. The maximum Gasteiger partial charge on any atom is 0.405 e. The van der Waals surface area contributed by atoms with Gasteiger partial charge in [-0.3, -0.25) is 0 Å². The van der Waals surface area contributed by atoms with E-state index < -0.39 is 29.2 Å². The van der Waals surface area contributed by atoms with Gasteiger partial charge in [-0.15, -0.1) is 0 Å². The zero-order valence-electron chi connectivity index (χ0n) is 13.7. The Kier molecular flexibility index (Phi) is 4.60. The first-order valence-corrected chi connectivity index (χ1v) is 7.64. The van der Waals surface area contributed by atoms with Gasteiger partial charge in [-0.2, -0.15) is 4.98 Å². The molecular weight excluding hydrogens is 350 g/mol. The summed E-state index contributed by atoms with van der Waals surface area (Å²) in [4.78, 5) is 19.5. The average molecular weight is 366 g/mol. The second-order valence-corrected chi connectivity index (χ2v) is 5.84. The first kappa shape index (κ1) is 17.8. The van der Waals surface area contributed by atoms with Crippen molar-refractivity contribution in [3.63, 3.8) is 0 Å². The van der Waals surface area contributed by atoms with Gasteiger partial charge in [0, 0.05) is 19.0 Å². The second kappa shape index (κ2) is 6.71. The number of amides is 1. The quantitative estimate of drug-likeness (QED) is 0.645. The van der Waals surface area contributed by atoms with Crippen molar-refractivity contribution in [1.29, 1.82) is 0 Å². The molecule has 138 valence electrons. The van der Waals surface area contributed by atoms with Crippen LogP contribution in [0.2, 0.25) is 0 Å². The number of benzene rings is 1. The molecule has 2 aromatic rings. The molecule has 1 aliphatic heterocycles. The summed E-state index contributed by atoms with van der Waals surface area (Å²) in [6.07, 6.45) is -0.324. The number of ether oxygens (including phenoxy) is 1. The number of aromatic hydroxyl groups is 1. The van der Waals surface area contributed by atoms with Crippen LogP contribution in [0.4, 0.5) is 13.6 Å². The number of nitrogens with one attached hydrogen (secondary N) is 2. The van der Waals surface area contributed by atoms with Gasteiger partial charge in [0.15, 0.2) is 11.6 Å². The van der Waals surface area contributed by atoms with Crippen molar-refractivity contribution in [3.8, 4) is 11.6 Å². The van der Waals surface area contributed by atoms with Crippen LogP contribution in [0.25, 0.3) is 0 Å². The van der Waals surface area contributed by atoms with Gasteiger partial charge in [-0.1, -0.05) is 0 Å². The highest BCUT2D eigenvalue weighted by molar-refractivity contribution is 5.66. The summed E-state index contributed by atoms with van der Waals surface area (Å²) in [5.74, 6) is -2.69. The first-order chi connectivity index (χ1) is 12.4.